The summed E-state index contributed by atoms with van der Waals surface area (Å²) in [6, 6.07) is 17.1. The lowest BCUT2D eigenvalue weighted by Crippen LogP contribution is -2.15. The molecule has 1 aromatic heterocycles. The number of aryl methyl sites for hydroxylation is 1. The number of halogens is 1. The summed E-state index contributed by atoms with van der Waals surface area (Å²) in [4.78, 5) is 0.202. The van der Waals surface area contributed by atoms with E-state index in [0.717, 1.165) is 11.4 Å². The summed E-state index contributed by atoms with van der Waals surface area (Å²) in [5.74, 6) is 0.990. The maximum Gasteiger partial charge on any atom is 0.263 e. The number of sulfonamides is 1. The van der Waals surface area contributed by atoms with Crippen LogP contribution < -0.4 is 9.46 Å². The van der Waals surface area contributed by atoms with Crippen LogP contribution in [0.4, 0.5) is 5.82 Å². The smallest absolute Gasteiger partial charge is 0.263 e. The molecule has 1 heterocycles. The highest BCUT2D eigenvalue weighted by molar-refractivity contribution is 7.92. The molecule has 25 heavy (non-hydrogen) atoms. The summed E-state index contributed by atoms with van der Waals surface area (Å²) in [6.45, 7) is 1.89. The molecular formula is C18H17ClN2O3S. The molecule has 3 aromatic rings. The fourth-order valence-electron chi connectivity index (χ4n) is 2.55. The van der Waals surface area contributed by atoms with Gasteiger partial charge in [-0.15, -0.1) is 0 Å². The quantitative estimate of drug-likeness (QED) is 0.724. The highest BCUT2D eigenvalue weighted by atomic mass is 35.5. The van der Waals surface area contributed by atoms with Gasteiger partial charge in [0.2, 0.25) is 0 Å². The Morgan fingerprint density at radius 1 is 1.04 bits per heavy atom. The lowest BCUT2D eigenvalue weighted by molar-refractivity contribution is 0.415. The van der Waals surface area contributed by atoms with E-state index in [4.69, 9.17) is 16.3 Å². The minimum atomic E-state index is -3.68. The molecule has 0 radical (unpaired) electrons. The second-order valence-corrected chi connectivity index (χ2v) is 7.52. The number of rotatable bonds is 5. The minimum Gasteiger partial charge on any atom is -0.495 e. The molecule has 130 valence electrons. The van der Waals surface area contributed by atoms with E-state index in [1.807, 2.05) is 19.1 Å². The molecule has 1 N–H and O–H groups in total. The van der Waals surface area contributed by atoms with Crippen LogP contribution in [0.15, 0.2) is 65.6 Å². The molecule has 0 spiro atoms. The molecule has 0 atom stereocenters. The Morgan fingerprint density at radius 3 is 2.40 bits per heavy atom. The Hall–Kier alpha value is -2.44. The van der Waals surface area contributed by atoms with Gasteiger partial charge in [-0.2, -0.15) is 0 Å². The SMILES string of the molecule is COc1ccc(-n2c(C)ccc2NS(=O)(=O)c2ccccc2)cc1Cl. The average Bonchev–Trinajstić information content (AvgIpc) is 2.95. The molecule has 5 nitrogen and oxygen atoms in total. The van der Waals surface area contributed by atoms with Gasteiger partial charge in [0.1, 0.15) is 11.6 Å². The Bertz CT molecular complexity index is 998. The van der Waals surface area contributed by atoms with Crippen molar-refractivity contribution in [3.63, 3.8) is 0 Å². The van der Waals surface area contributed by atoms with Gasteiger partial charge in [-0.25, -0.2) is 8.42 Å². The van der Waals surface area contributed by atoms with Gasteiger partial charge in [0.25, 0.3) is 10.0 Å². The number of anilines is 1. The number of ether oxygens (including phenoxy) is 1. The fraction of sp³-hybridized carbons (Fsp3) is 0.111. The zero-order chi connectivity index (χ0) is 18.0. The van der Waals surface area contributed by atoms with Crippen LogP contribution in [0.1, 0.15) is 5.69 Å². The van der Waals surface area contributed by atoms with Crippen LogP contribution in [0, 0.1) is 6.92 Å². The standard InChI is InChI=1S/C18H17ClN2O3S/c1-13-8-11-18(20-25(22,23)15-6-4-3-5-7-15)21(13)14-9-10-17(24-2)16(19)12-14/h3-12,20H,1-2H3. The fourth-order valence-corrected chi connectivity index (χ4v) is 3.87. The molecule has 2 aromatic carbocycles. The first-order valence-corrected chi connectivity index (χ1v) is 9.38. The highest BCUT2D eigenvalue weighted by Gasteiger charge is 2.17. The lowest BCUT2D eigenvalue weighted by Gasteiger charge is -2.15. The van der Waals surface area contributed by atoms with E-state index >= 15 is 0 Å². The third-order valence-corrected chi connectivity index (χ3v) is 5.43. The number of methoxy groups -OCH3 is 1. The third-order valence-electron chi connectivity index (χ3n) is 3.76. The monoisotopic (exact) mass is 376 g/mol. The number of hydrogen-bond donors (Lipinski definition) is 1. The maximum absolute atomic E-state index is 12.6. The van der Waals surface area contributed by atoms with Crippen molar-refractivity contribution < 1.29 is 13.2 Å². The second kappa shape index (κ2) is 6.82. The molecule has 0 aliphatic carbocycles. The van der Waals surface area contributed by atoms with Crippen LogP contribution in [0.5, 0.6) is 5.75 Å². The molecule has 3 rings (SSSR count). The minimum absolute atomic E-state index is 0.202. The van der Waals surface area contributed by atoms with E-state index in [1.54, 1.807) is 60.2 Å². The van der Waals surface area contributed by atoms with Gasteiger partial charge in [-0.3, -0.25) is 4.72 Å². The van der Waals surface area contributed by atoms with Gasteiger partial charge in [-0.05, 0) is 49.4 Å². The molecule has 0 saturated heterocycles. The molecule has 0 unspecified atom stereocenters. The van der Waals surface area contributed by atoms with Crippen molar-refractivity contribution in [3.05, 3.63) is 71.4 Å². The van der Waals surface area contributed by atoms with E-state index in [2.05, 4.69) is 4.72 Å². The number of benzene rings is 2. The van der Waals surface area contributed by atoms with Crippen LogP contribution in [-0.2, 0) is 10.0 Å². The van der Waals surface area contributed by atoms with Crippen molar-refractivity contribution in [1.82, 2.24) is 4.57 Å². The Labute approximate surface area is 151 Å². The zero-order valence-electron chi connectivity index (χ0n) is 13.7. The van der Waals surface area contributed by atoms with Crippen LogP contribution in [-0.4, -0.2) is 20.1 Å². The van der Waals surface area contributed by atoms with Crippen LogP contribution in [0.2, 0.25) is 5.02 Å². The average molecular weight is 377 g/mol. The predicted molar refractivity (Wildman–Crippen MR) is 99.3 cm³/mol. The lowest BCUT2D eigenvalue weighted by atomic mass is 10.3. The predicted octanol–water partition coefficient (Wildman–Crippen LogP) is 4.25. The third kappa shape index (κ3) is 3.50. The molecule has 7 heteroatoms. The Morgan fingerprint density at radius 2 is 1.76 bits per heavy atom. The van der Waals surface area contributed by atoms with Gasteiger partial charge in [0, 0.05) is 11.4 Å². The normalized spacial score (nSPS) is 11.3. The molecule has 0 aliphatic heterocycles. The van der Waals surface area contributed by atoms with Crippen molar-refractivity contribution in [1.29, 1.82) is 0 Å². The van der Waals surface area contributed by atoms with Crippen molar-refractivity contribution in [2.45, 2.75) is 11.8 Å². The van der Waals surface area contributed by atoms with E-state index in [-0.39, 0.29) is 4.90 Å². The first-order chi connectivity index (χ1) is 11.9. The number of aromatic nitrogens is 1. The largest absolute Gasteiger partial charge is 0.495 e. The summed E-state index contributed by atoms with van der Waals surface area (Å²) in [6.07, 6.45) is 0. The van der Waals surface area contributed by atoms with Gasteiger partial charge in [0.15, 0.2) is 0 Å². The van der Waals surface area contributed by atoms with E-state index in [9.17, 15) is 8.42 Å². The molecular weight excluding hydrogens is 360 g/mol. The van der Waals surface area contributed by atoms with Crippen molar-refractivity contribution >= 4 is 27.4 Å². The molecule has 0 aliphatic rings. The van der Waals surface area contributed by atoms with Gasteiger partial charge < -0.3 is 9.30 Å². The summed E-state index contributed by atoms with van der Waals surface area (Å²) in [7, 11) is -2.14. The summed E-state index contributed by atoms with van der Waals surface area (Å²) in [5.41, 5.74) is 1.60. The van der Waals surface area contributed by atoms with Crippen molar-refractivity contribution in [2.24, 2.45) is 0 Å². The topological polar surface area (TPSA) is 60.3 Å². The highest BCUT2D eigenvalue weighted by Crippen LogP contribution is 2.30. The number of hydrogen-bond acceptors (Lipinski definition) is 3. The molecule has 0 saturated carbocycles. The van der Waals surface area contributed by atoms with E-state index in [0.29, 0.717) is 16.6 Å². The molecule has 0 bridgehead atoms. The van der Waals surface area contributed by atoms with Crippen molar-refractivity contribution in [2.75, 3.05) is 11.8 Å². The summed E-state index contributed by atoms with van der Waals surface area (Å²) in [5, 5.41) is 0.449. The summed E-state index contributed by atoms with van der Waals surface area (Å²) >= 11 is 6.20. The number of nitrogens with zero attached hydrogens (tertiary/aromatic N) is 1. The second-order valence-electron chi connectivity index (χ2n) is 5.43. The zero-order valence-corrected chi connectivity index (χ0v) is 15.3. The Kier molecular flexibility index (Phi) is 4.74. The van der Waals surface area contributed by atoms with Gasteiger partial charge in [0.05, 0.1) is 17.0 Å². The molecule has 0 fully saturated rings. The first-order valence-electron chi connectivity index (χ1n) is 7.52. The van der Waals surface area contributed by atoms with Crippen LogP contribution in [0.25, 0.3) is 5.69 Å². The van der Waals surface area contributed by atoms with Gasteiger partial charge in [-0.1, -0.05) is 29.8 Å². The summed E-state index contributed by atoms with van der Waals surface area (Å²) < 4.78 is 34.8. The number of nitrogens with one attached hydrogen (secondary N) is 1. The van der Waals surface area contributed by atoms with Crippen LogP contribution in [0.3, 0.4) is 0 Å². The maximum atomic E-state index is 12.6. The van der Waals surface area contributed by atoms with Gasteiger partial charge >= 0.3 is 0 Å². The van der Waals surface area contributed by atoms with E-state index in [1.165, 1.54) is 0 Å². The Balaban J connectivity index is 2.02. The van der Waals surface area contributed by atoms with Crippen molar-refractivity contribution in [3.8, 4) is 11.4 Å². The first kappa shape index (κ1) is 17.4. The molecule has 0 amide bonds. The van der Waals surface area contributed by atoms with E-state index < -0.39 is 10.0 Å². The van der Waals surface area contributed by atoms with Crippen LogP contribution >= 0.6 is 11.6 Å².